The van der Waals surface area contributed by atoms with Crippen LogP contribution in [-0.4, -0.2) is 23.6 Å². The van der Waals surface area contributed by atoms with E-state index in [9.17, 15) is 0 Å². The van der Waals surface area contributed by atoms with E-state index in [0.717, 1.165) is 29.9 Å². The van der Waals surface area contributed by atoms with Crippen LogP contribution in [0.3, 0.4) is 0 Å². The van der Waals surface area contributed by atoms with Gasteiger partial charge in [-0.1, -0.05) is 5.16 Å². The summed E-state index contributed by atoms with van der Waals surface area (Å²) >= 11 is 0. The van der Waals surface area contributed by atoms with Crippen molar-refractivity contribution in [2.45, 2.75) is 31.3 Å². The summed E-state index contributed by atoms with van der Waals surface area (Å²) in [4.78, 5) is 0. The number of hydrogen-bond donors (Lipinski definition) is 1. The molecular formula is C13H15NO3. The number of fused-ring (bicyclic) bond motifs is 1. The van der Waals surface area contributed by atoms with Gasteiger partial charge in [-0.2, -0.15) is 0 Å². The second-order valence-electron chi connectivity index (χ2n) is 4.72. The summed E-state index contributed by atoms with van der Waals surface area (Å²) in [6, 6.07) is 5.61. The maximum Gasteiger partial charge on any atom is 0.129 e. The number of nitrogens with zero attached hydrogens (tertiary/aromatic N) is 1. The summed E-state index contributed by atoms with van der Waals surface area (Å²) in [7, 11) is 1.62. The van der Waals surface area contributed by atoms with Gasteiger partial charge in [0.25, 0.3) is 0 Å². The van der Waals surface area contributed by atoms with Crippen LogP contribution in [0.25, 0.3) is 0 Å². The molecule has 3 rings (SSSR count). The number of methoxy groups -OCH3 is 1. The molecule has 0 atom stereocenters. The van der Waals surface area contributed by atoms with Crippen molar-refractivity contribution in [3.05, 3.63) is 23.8 Å². The van der Waals surface area contributed by atoms with Gasteiger partial charge in [0.1, 0.15) is 17.1 Å². The molecule has 1 N–H and O–H groups in total. The summed E-state index contributed by atoms with van der Waals surface area (Å²) < 4.78 is 11.2. The van der Waals surface area contributed by atoms with Crippen molar-refractivity contribution in [1.29, 1.82) is 0 Å². The lowest BCUT2D eigenvalue weighted by atomic mass is 9.74. The smallest absolute Gasteiger partial charge is 0.129 e. The molecule has 1 aliphatic heterocycles. The number of ether oxygens (including phenoxy) is 2. The minimum atomic E-state index is -0.122. The Labute approximate surface area is 99.8 Å². The van der Waals surface area contributed by atoms with E-state index >= 15 is 0 Å². The normalized spacial score (nSPS) is 22.8. The lowest BCUT2D eigenvalue weighted by Gasteiger charge is -2.45. The first-order chi connectivity index (χ1) is 8.26. The van der Waals surface area contributed by atoms with E-state index < -0.39 is 0 Å². The highest BCUT2D eigenvalue weighted by atomic mass is 16.5. The highest BCUT2D eigenvalue weighted by Gasteiger charge is 2.44. The Kier molecular flexibility index (Phi) is 2.24. The van der Waals surface area contributed by atoms with Crippen molar-refractivity contribution < 1.29 is 14.7 Å². The van der Waals surface area contributed by atoms with Crippen LogP contribution < -0.4 is 9.47 Å². The van der Waals surface area contributed by atoms with Gasteiger partial charge in [-0.25, -0.2) is 0 Å². The Morgan fingerprint density at radius 1 is 1.41 bits per heavy atom. The van der Waals surface area contributed by atoms with Gasteiger partial charge in [0.15, 0.2) is 0 Å². The van der Waals surface area contributed by atoms with Crippen LogP contribution in [-0.2, 0) is 0 Å². The number of hydrogen-bond acceptors (Lipinski definition) is 4. The summed E-state index contributed by atoms with van der Waals surface area (Å²) in [6.45, 7) is 0. The topological polar surface area (TPSA) is 51.0 Å². The molecule has 4 nitrogen and oxygen atoms in total. The maximum absolute atomic E-state index is 9.14. The zero-order chi connectivity index (χ0) is 11.9. The second kappa shape index (κ2) is 3.65. The number of rotatable bonds is 1. The fourth-order valence-corrected chi connectivity index (χ4v) is 2.56. The third kappa shape index (κ3) is 1.55. The molecule has 17 heavy (non-hydrogen) atoms. The van der Waals surface area contributed by atoms with Crippen molar-refractivity contribution in [3.63, 3.8) is 0 Å². The summed E-state index contributed by atoms with van der Waals surface area (Å²) in [5.74, 6) is 1.54. The monoisotopic (exact) mass is 233 g/mol. The van der Waals surface area contributed by atoms with Crippen molar-refractivity contribution in [3.8, 4) is 11.5 Å². The fourth-order valence-electron chi connectivity index (χ4n) is 2.56. The summed E-state index contributed by atoms with van der Waals surface area (Å²) in [6.07, 6.45) is 3.95. The number of oxime groups is 1. The minimum absolute atomic E-state index is 0.122. The maximum atomic E-state index is 9.14. The van der Waals surface area contributed by atoms with Crippen LogP contribution >= 0.6 is 0 Å². The minimum Gasteiger partial charge on any atom is -0.497 e. The SMILES string of the molecule is COc1ccc2c(c1)/C(=N\O)CC1(CCC1)O2. The molecule has 1 aliphatic carbocycles. The van der Waals surface area contributed by atoms with Crippen LogP contribution in [0.15, 0.2) is 23.4 Å². The van der Waals surface area contributed by atoms with E-state index in [0.29, 0.717) is 12.1 Å². The molecule has 1 fully saturated rings. The molecule has 1 heterocycles. The van der Waals surface area contributed by atoms with Crippen molar-refractivity contribution in [2.24, 2.45) is 5.16 Å². The van der Waals surface area contributed by atoms with E-state index in [4.69, 9.17) is 14.7 Å². The summed E-state index contributed by atoms with van der Waals surface area (Å²) in [5, 5.41) is 12.6. The van der Waals surface area contributed by atoms with Crippen LogP contribution in [0.2, 0.25) is 0 Å². The Hall–Kier alpha value is -1.71. The van der Waals surface area contributed by atoms with E-state index in [2.05, 4.69) is 5.16 Å². The highest BCUT2D eigenvalue weighted by Crippen LogP contribution is 2.45. The van der Waals surface area contributed by atoms with Gasteiger partial charge in [0, 0.05) is 12.0 Å². The Morgan fingerprint density at radius 2 is 2.24 bits per heavy atom. The van der Waals surface area contributed by atoms with Gasteiger partial charge in [-0.05, 0) is 37.5 Å². The Morgan fingerprint density at radius 3 is 2.82 bits per heavy atom. The van der Waals surface area contributed by atoms with Gasteiger partial charge in [0.05, 0.1) is 12.8 Å². The molecule has 2 aliphatic rings. The predicted octanol–water partition coefficient (Wildman–Crippen LogP) is 2.58. The molecule has 90 valence electrons. The molecule has 0 unspecified atom stereocenters. The van der Waals surface area contributed by atoms with Crippen molar-refractivity contribution in [2.75, 3.05) is 7.11 Å². The van der Waals surface area contributed by atoms with Gasteiger partial charge in [-0.15, -0.1) is 0 Å². The molecule has 0 radical (unpaired) electrons. The molecule has 0 amide bonds. The average Bonchev–Trinajstić information content (AvgIpc) is 2.34. The largest absolute Gasteiger partial charge is 0.497 e. The molecular weight excluding hydrogens is 218 g/mol. The molecule has 0 bridgehead atoms. The van der Waals surface area contributed by atoms with Gasteiger partial charge in [0.2, 0.25) is 0 Å². The first-order valence-electron chi connectivity index (χ1n) is 5.85. The molecule has 1 aromatic rings. The molecule has 1 saturated carbocycles. The zero-order valence-electron chi connectivity index (χ0n) is 9.77. The average molecular weight is 233 g/mol. The Balaban J connectivity index is 2.04. The van der Waals surface area contributed by atoms with E-state index in [1.54, 1.807) is 7.11 Å². The summed E-state index contributed by atoms with van der Waals surface area (Å²) in [5.41, 5.74) is 1.41. The van der Waals surface area contributed by atoms with Crippen molar-refractivity contribution >= 4 is 5.71 Å². The van der Waals surface area contributed by atoms with E-state index in [-0.39, 0.29) is 5.60 Å². The first kappa shape index (κ1) is 10.4. The third-order valence-electron chi connectivity index (χ3n) is 3.70. The van der Waals surface area contributed by atoms with Crippen LogP contribution in [0.1, 0.15) is 31.2 Å². The predicted molar refractivity (Wildman–Crippen MR) is 63.1 cm³/mol. The molecule has 4 heteroatoms. The molecule has 0 saturated heterocycles. The van der Waals surface area contributed by atoms with Gasteiger partial charge < -0.3 is 14.7 Å². The lowest BCUT2D eigenvalue weighted by molar-refractivity contribution is -0.00550. The Bertz CT molecular complexity index is 478. The lowest BCUT2D eigenvalue weighted by Crippen LogP contribution is -2.47. The molecule has 0 aromatic heterocycles. The van der Waals surface area contributed by atoms with Crippen molar-refractivity contribution in [1.82, 2.24) is 0 Å². The standard InChI is InChI=1S/C13H15NO3/c1-16-9-3-4-12-10(7-9)11(14-15)8-13(17-12)5-2-6-13/h3-4,7,15H,2,5-6,8H2,1H3/b14-11-. The fraction of sp³-hybridized carbons (Fsp3) is 0.462. The molecule has 1 spiro atoms. The van der Waals surface area contributed by atoms with Crippen LogP contribution in [0, 0.1) is 0 Å². The van der Waals surface area contributed by atoms with Crippen LogP contribution in [0.5, 0.6) is 11.5 Å². The zero-order valence-corrected chi connectivity index (χ0v) is 9.77. The van der Waals surface area contributed by atoms with E-state index in [1.165, 1.54) is 6.42 Å². The quantitative estimate of drug-likeness (QED) is 0.599. The third-order valence-corrected chi connectivity index (χ3v) is 3.70. The van der Waals surface area contributed by atoms with Crippen LogP contribution in [0.4, 0.5) is 0 Å². The first-order valence-corrected chi connectivity index (χ1v) is 5.85. The number of benzene rings is 1. The van der Waals surface area contributed by atoms with Gasteiger partial charge >= 0.3 is 0 Å². The second-order valence-corrected chi connectivity index (χ2v) is 4.72. The van der Waals surface area contributed by atoms with Gasteiger partial charge in [-0.3, -0.25) is 0 Å². The highest BCUT2D eigenvalue weighted by molar-refractivity contribution is 6.04. The molecule has 1 aromatic carbocycles. The van der Waals surface area contributed by atoms with E-state index in [1.807, 2.05) is 18.2 Å².